The molecule has 0 amide bonds. The van der Waals surface area contributed by atoms with Crippen molar-refractivity contribution in [2.75, 3.05) is 0 Å². The van der Waals surface area contributed by atoms with Crippen molar-refractivity contribution in [2.24, 2.45) is 0 Å². The monoisotopic (exact) mass is 366 g/mol. The maximum atomic E-state index is 12.3. The lowest BCUT2D eigenvalue weighted by Gasteiger charge is -2.08. The molecule has 0 aliphatic rings. The number of aromatic nitrogens is 2. The third-order valence-electron chi connectivity index (χ3n) is 3.39. The van der Waals surface area contributed by atoms with Gasteiger partial charge in [-0.15, -0.1) is 24.5 Å². The van der Waals surface area contributed by atoms with Crippen LogP contribution in [0.2, 0.25) is 0 Å². The summed E-state index contributed by atoms with van der Waals surface area (Å²) in [5, 5.41) is 6.23. The van der Waals surface area contributed by atoms with Crippen LogP contribution >= 0.6 is 11.3 Å². The lowest BCUT2D eigenvalue weighted by atomic mass is 10.2. The molecule has 0 atom stereocenters. The number of halogens is 3. The van der Waals surface area contributed by atoms with Crippen molar-refractivity contribution in [3.05, 3.63) is 70.2 Å². The van der Waals surface area contributed by atoms with Crippen LogP contribution in [0.4, 0.5) is 13.2 Å². The summed E-state index contributed by atoms with van der Waals surface area (Å²) in [7, 11) is 0. The Kier molecular flexibility index (Phi) is 4.89. The SMILES string of the molecule is O=C(c1ccc(OC(F)(F)F)cc1)n1ccc(CCc2cccs2)n1. The molecule has 25 heavy (non-hydrogen) atoms. The van der Waals surface area contributed by atoms with E-state index >= 15 is 0 Å². The molecular weight excluding hydrogens is 353 g/mol. The summed E-state index contributed by atoms with van der Waals surface area (Å²) >= 11 is 1.66. The van der Waals surface area contributed by atoms with Gasteiger partial charge >= 0.3 is 6.36 Å². The molecule has 0 bridgehead atoms. The highest BCUT2D eigenvalue weighted by atomic mass is 32.1. The Morgan fingerprint density at radius 3 is 2.52 bits per heavy atom. The molecule has 0 N–H and O–H groups in total. The van der Waals surface area contributed by atoms with Crippen LogP contribution in [0.1, 0.15) is 20.9 Å². The number of hydrogen-bond acceptors (Lipinski definition) is 4. The van der Waals surface area contributed by atoms with E-state index in [1.807, 2.05) is 17.5 Å². The number of hydrogen-bond donors (Lipinski definition) is 0. The van der Waals surface area contributed by atoms with Gasteiger partial charge in [-0.1, -0.05) is 6.07 Å². The quantitative estimate of drug-likeness (QED) is 0.676. The van der Waals surface area contributed by atoms with Gasteiger partial charge in [-0.05, 0) is 54.6 Å². The van der Waals surface area contributed by atoms with Crippen molar-refractivity contribution in [1.82, 2.24) is 9.78 Å². The standard InChI is InChI=1S/C17H13F3N2O2S/c18-17(19,20)24-14-6-3-12(4-7-14)16(23)22-10-9-13(21-22)5-8-15-2-1-11-25-15/h1-4,6-7,9-11H,5,8H2. The minimum atomic E-state index is -4.76. The van der Waals surface area contributed by atoms with Crippen LogP contribution < -0.4 is 4.74 Å². The molecule has 2 aromatic heterocycles. The van der Waals surface area contributed by atoms with Crippen LogP contribution in [-0.4, -0.2) is 22.1 Å². The van der Waals surface area contributed by atoms with Gasteiger partial charge in [0.2, 0.25) is 0 Å². The average molecular weight is 366 g/mol. The number of carbonyl (C=O) groups is 1. The van der Waals surface area contributed by atoms with E-state index < -0.39 is 12.3 Å². The van der Waals surface area contributed by atoms with E-state index in [1.54, 1.807) is 23.6 Å². The van der Waals surface area contributed by atoms with Crippen LogP contribution in [0.5, 0.6) is 5.75 Å². The zero-order valence-corrected chi connectivity index (χ0v) is 13.7. The van der Waals surface area contributed by atoms with Crippen LogP contribution in [0, 0.1) is 0 Å². The van der Waals surface area contributed by atoms with Crippen LogP contribution in [0.3, 0.4) is 0 Å². The molecule has 0 aliphatic carbocycles. The largest absolute Gasteiger partial charge is 0.573 e. The minimum Gasteiger partial charge on any atom is -0.406 e. The van der Waals surface area contributed by atoms with E-state index in [0.29, 0.717) is 6.42 Å². The maximum absolute atomic E-state index is 12.3. The highest BCUT2D eigenvalue weighted by Gasteiger charge is 2.31. The lowest BCUT2D eigenvalue weighted by molar-refractivity contribution is -0.274. The van der Waals surface area contributed by atoms with Crippen molar-refractivity contribution in [1.29, 1.82) is 0 Å². The minimum absolute atomic E-state index is 0.224. The number of ether oxygens (including phenoxy) is 1. The number of benzene rings is 1. The number of carbonyl (C=O) groups excluding carboxylic acids is 1. The molecule has 3 aromatic rings. The smallest absolute Gasteiger partial charge is 0.406 e. The van der Waals surface area contributed by atoms with Crippen molar-refractivity contribution in [2.45, 2.75) is 19.2 Å². The fourth-order valence-corrected chi connectivity index (χ4v) is 2.95. The van der Waals surface area contributed by atoms with Crippen molar-refractivity contribution in [3.63, 3.8) is 0 Å². The molecule has 0 aliphatic heterocycles. The zero-order chi connectivity index (χ0) is 17.9. The average Bonchev–Trinajstić information content (AvgIpc) is 3.23. The van der Waals surface area contributed by atoms with Crippen molar-refractivity contribution >= 4 is 17.2 Å². The molecule has 0 fully saturated rings. The van der Waals surface area contributed by atoms with E-state index in [1.165, 1.54) is 21.7 Å². The van der Waals surface area contributed by atoms with Gasteiger partial charge in [-0.2, -0.15) is 5.10 Å². The highest BCUT2D eigenvalue weighted by Crippen LogP contribution is 2.23. The first-order chi connectivity index (χ1) is 11.9. The third-order valence-corrected chi connectivity index (χ3v) is 4.33. The second kappa shape index (κ2) is 7.10. The number of rotatable bonds is 5. The molecule has 8 heteroatoms. The fourth-order valence-electron chi connectivity index (χ4n) is 2.25. The van der Waals surface area contributed by atoms with E-state index in [4.69, 9.17) is 0 Å². The maximum Gasteiger partial charge on any atom is 0.573 e. The molecule has 0 saturated heterocycles. The summed E-state index contributed by atoms with van der Waals surface area (Å²) in [6.45, 7) is 0. The second-order valence-electron chi connectivity index (χ2n) is 5.21. The Morgan fingerprint density at radius 2 is 1.88 bits per heavy atom. The molecule has 130 valence electrons. The fraction of sp³-hybridized carbons (Fsp3) is 0.176. The molecule has 2 heterocycles. The van der Waals surface area contributed by atoms with Gasteiger partial charge in [0.1, 0.15) is 5.75 Å². The number of nitrogens with zero attached hydrogens (tertiary/aromatic N) is 2. The Balaban J connectivity index is 1.64. The van der Waals surface area contributed by atoms with Gasteiger partial charge < -0.3 is 4.74 Å². The first-order valence-corrected chi connectivity index (χ1v) is 8.26. The molecule has 0 saturated carbocycles. The molecular formula is C17H13F3N2O2S. The second-order valence-corrected chi connectivity index (χ2v) is 6.24. The normalized spacial score (nSPS) is 11.5. The first-order valence-electron chi connectivity index (χ1n) is 7.38. The molecule has 0 radical (unpaired) electrons. The molecule has 0 unspecified atom stereocenters. The lowest BCUT2D eigenvalue weighted by Crippen LogP contribution is -2.17. The Labute approximate surface area is 145 Å². The highest BCUT2D eigenvalue weighted by molar-refractivity contribution is 7.09. The number of aryl methyl sites for hydroxylation is 2. The zero-order valence-electron chi connectivity index (χ0n) is 12.9. The van der Waals surface area contributed by atoms with Crippen LogP contribution in [-0.2, 0) is 12.8 Å². The van der Waals surface area contributed by atoms with Crippen molar-refractivity contribution < 1.29 is 22.7 Å². The summed E-state index contributed by atoms with van der Waals surface area (Å²) < 4.78 is 41.4. The molecule has 0 spiro atoms. The van der Waals surface area contributed by atoms with Crippen molar-refractivity contribution in [3.8, 4) is 5.75 Å². The summed E-state index contributed by atoms with van der Waals surface area (Å²) in [4.78, 5) is 13.6. The number of thiophene rings is 1. The van der Waals surface area contributed by atoms with Crippen LogP contribution in [0.15, 0.2) is 54.0 Å². The van der Waals surface area contributed by atoms with Gasteiger partial charge in [-0.25, -0.2) is 4.68 Å². The summed E-state index contributed by atoms with van der Waals surface area (Å²) in [6.07, 6.45) is -1.66. The van der Waals surface area contributed by atoms with Gasteiger partial charge in [0.25, 0.3) is 5.91 Å². The molecule has 1 aromatic carbocycles. The predicted molar refractivity (Wildman–Crippen MR) is 86.8 cm³/mol. The Morgan fingerprint density at radius 1 is 1.12 bits per heavy atom. The van der Waals surface area contributed by atoms with Gasteiger partial charge in [0.05, 0.1) is 5.69 Å². The van der Waals surface area contributed by atoms with Gasteiger partial charge in [0.15, 0.2) is 0 Å². The van der Waals surface area contributed by atoms with E-state index in [2.05, 4.69) is 9.84 Å². The van der Waals surface area contributed by atoms with Gasteiger partial charge in [-0.3, -0.25) is 4.79 Å². The number of alkyl halides is 3. The third kappa shape index (κ3) is 4.69. The Bertz CT molecular complexity index is 840. The predicted octanol–water partition coefficient (Wildman–Crippen LogP) is 4.32. The molecule has 4 nitrogen and oxygen atoms in total. The van der Waals surface area contributed by atoms with E-state index in [-0.39, 0.29) is 11.3 Å². The summed E-state index contributed by atoms with van der Waals surface area (Å²) in [5.41, 5.74) is 1.00. The Hall–Kier alpha value is -2.61. The van der Waals surface area contributed by atoms with Gasteiger partial charge in [0, 0.05) is 16.6 Å². The topological polar surface area (TPSA) is 44.1 Å². The van der Waals surface area contributed by atoms with E-state index in [9.17, 15) is 18.0 Å². The molecule has 3 rings (SSSR count). The summed E-state index contributed by atoms with van der Waals surface area (Å²) in [6, 6.07) is 10.5. The first kappa shape index (κ1) is 17.2. The summed E-state index contributed by atoms with van der Waals surface area (Å²) in [5.74, 6) is -0.790. The van der Waals surface area contributed by atoms with E-state index in [0.717, 1.165) is 24.2 Å². The van der Waals surface area contributed by atoms with Crippen LogP contribution in [0.25, 0.3) is 0 Å².